The summed E-state index contributed by atoms with van der Waals surface area (Å²) in [5.74, 6) is -0.847. The number of halogens is 2. The summed E-state index contributed by atoms with van der Waals surface area (Å²) in [6.07, 6.45) is 2.03. The number of hydrogen-bond acceptors (Lipinski definition) is 4. The van der Waals surface area contributed by atoms with Crippen LogP contribution in [0.2, 0.25) is 10.0 Å². The van der Waals surface area contributed by atoms with E-state index in [4.69, 9.17) is 23.2 Å². The Labute approximate surface area is 247 Å². The smallest absolute Gasteiger partial charge is 0.244 e. The third kappa shape index (κ3) is 8.46. The van der Waals surface area contributed by atoms with E-state index in [1.54, 1.807) is 37.3 Å². The van der Waals surface area contributed by atoms with Crippen molar-refractivity contribution in [3.05, 3.63) is 99.0 Å². The summed E-state index contributed by atoms with van der Waals surface area (Å²) in [6.45, 7) is 5.65. The van der Waals surface area contributed by atoms with E-state index in [1.165, 1.54) is 4.90 Å². The van der Waals surface area contributed by atoms with Crippen LogP contribution in [0.5, 0.6) is 0 Å². The molecule has 0 spiro atoms. The Morgan fingerprint density at radius 2 is 1.62 bits per heavy atom. The molecule has 1 unspecified atom stereocenters. The van der Waals surface area contributed by atoms with Crippen LogP contribution in [0, 0.1) is 13.8 Å². The lowest BCUT2D eigenvalue weighted by Crippen LogP contribution is -2.53. The molecule has 0 fully saturated rings. The fraction of sp³-hybridized carbons (Fsp3) is 0.333. The molecule has 1 atom stereocenters. The summed E-state index contributed by atoms with van der Waals surface area (Å²) in [7, 11) is -3.84. The molecule has 7 nitrogen and oxygen atoms in total. The number of nitrogens with zero attached hydrogens (tertiary/aromatic N) is 2. The first kappa shape index (κ1) is 31.5. The minimum Gasteiger partial charge on any atom is -0.354 e. The van der Waals surface area contributed by atoms with Crippen LogP contribution in [-0.2, 0) is 32.6 Å². The van der Waals surface area contributed by atoms with Gasteiger partial charge < -0.3 is 10.2 Å². The maximum atomic E-state index is 14.1. The van der Waals surface area contributed by atoms with Gasteiger partial charge in [0.1, 0.15) is 12.6 Å². The number of anilines is 1. The second-order valence-electron chi connectivity index (χ2n) is 9.83. The SMILES string of the molecule is CCCNC(=O)C(Cc1ccccc1)N(Cc1ccc(Cl)c(Cl)c1)C(=O)CN(c1ccc(C)cc1C)S(C)(=O)=O. The molecule has 2 amide bonds. The van der Waals surface area contributed by atoms with Crippen molar-refractivity contribution in [2.45, 2.75) is 46.2 Å². The first-order valence-corrected chi connectivity index (χ1v) is 15.6. The van der Waals surface area contributed by atoms with E-state index in [0.717, 1.165) is 33.7 Å². The van der Waals surface area contributed by atoms with E-state index in [-0.39, 0.29) is 18.9 Å². The number of amides is 2. The molecule has 0 saturated heterocycles. The zero-order chi connectivity index (χ0) is 29.4. The maximum Gasteiger partial charge on any atom is 0.244 e. The molecule has 0 aliphatic heterocycles. The van der Waals surface area contributed by atoms with Gasteiger partial charge in [-0.2, -0.15) is 0 Å². The van der Waals surface area contributed by atoms with E-state index in [9.17, 15) is 18.0 Å². The Morgan fingerprint density at radius 3 is 2.23 bits per heavy atom. The van der Waals surface area contributed by atoms with Crippen molar-refractivity contribution < 1.29 is 18.0 Å². The van der Waals surface area contributed by atoms with Gasteiger partial charge in [0.05, 0.1) is 22.0 Å². The highest BCUT2D eigenvalue weighted by Crippen LogP contribution is 2.26. The predicted octanol–water partition coefficient (Wildman–Crippen LogP) is 5.54. The Hall–Kier alpha value is -3.07. The zero-order valence-corrected chi connectivity index (χ0v) is 25.5. The van der Waals surface area contributed by atoms with Gasteiger partial charge in [-0.3, -0.25) is 13.9 Å². The largest absolute Gasteiger partial charge is 0.354 e. The van der Waals surface area contributed by atoms with Crippen molar-refractivity contribution in [2.75, 3.05) is 23.7 Å². The second-order valence-corrected chi connectivity index (χ2v) is 12.5. The molecular formula is C30H35Cl2N3O4S. The van der Waals surface area contributed by atoms with Gasteiger partial charge in [-0.1, -0.05) is 84.2 Å². The molecule has 3 aromatic carbocycles. The molecule has 3 aromatic rings. The molecule has 1 N–H and O–H groups in total. The first-order chi connectivity index (χ1) is 18.9. The van der Waals surface area contributed by atoms with Gasteiger partial charge in [-0.05, 0) is 55.2 Å². The lowest BCUT2D eigenvalue weighted by Gasteiger charge is -2.34. The molecular weight excluding hydrogens is 569 g/mol. The summed E-state index contributed by atoms with van der Waals surface area (Å²) in [5, 5.41) is 3.59. The van der Waals surface area contributed by atoms with Crippen LogP contribution < -0.4 is 9.62 Å². The van der Waals surface area contributed by atoms with E-state index in [2.05, 4.69) is 5.32 Å². The number of carbonyl (C=O) groups excluding carboxylic acids is 2. The van der Waals surface area contributed by atoms with Crippen LogP contribution in [0.1, 0.15) is 35.6 Å². The average Bonchev–Trinajstić information content (AvgIpc) is 2.90. The van der Waals surface area contributed by atoms with Crippen LogP contribution in [0.15, 0.2) is 66.7 Å². The van der Waals surface area contributed by atoms with Crippen molar-refractivity contribution in [3.8, 4) is 0 Å². The van der Waals surface area contributed by atoms with Gasteiger partial charge in [0.2, 0.25) is 21.8 Å². The minimum absolute atomic E-state index is 0.0250. The van der Waals surface area contributed by atoms with Crippen LogP contribution in [0.3, 0.4) is 0 Å². The van der Waals surface area contributed by atoms with Crippen LogP contribution in [-0.4, -0.2) is 50.5 Å². The van der Waals surface area contributed by atoms with E-state index in [1.807, 2.05) is 50.2 Å². The van der Waals surface area contributed by atoms with Gasteiger partial charge in [-0.15, -0.1) is 0 Å². The number of benzene rings is 3. The van der Waals surface area contributed by atoms with Crippen molar-refractivity contribution >= 4 is 50.7 Å². The van der Waals surface area contributed by atoms with E-state index >= 15 is 0 Å². The quantitative estimate of drug-likeness (QED) is 0.294. The van der Waals surface area contributed by atoms with Gasteiger partial charge in [-0.25, -0.2) is 8.42 Å². The summed E-state index contributed by atoms with van der Waals surface area (Å²) in [6, 6.07) is 18.8. The number of sulfonamides is 1. The Bertz CT molecular complexity index is 1450. The number of aryl methyl sites for hydroxylation is 2. The number of nitrogens with one attached hydrogen (secondary N) is 1. The standard InChI is InChI=1S/C30H35Cl2N3O4S/c1-5-15-33-30(37)28(18-23-9-7-6-8-10-23)34(19-24-12-13-25(31)26(32)17-24)29(36)20-35(40(4,38)39)27-14-11-21(2)16-22(27)3/h6-14,16-17,28H,5,15,18-20H2,1-4H3,(H,33,37). The summed E-state index contributed by atoms with van der Waals surface area (Å²) in [4.78, 5) is 29.1. The summed E-state index contributed by atoms with van der Waals surface area (Å²) in [5.41, 5.74) is 3.61. The lowest BCUT2D eigenvalue weighted by atomic mass is 10.0. The molecule has 10 heteroatoms. The van der Waals surface area contributed by atoms with Crippen molar-refractivity contribution in [2.24, 2.45) is 0 Å². The fourth-order valence-electron chi connectivity index (χ4n) is 4.43. The fourth-order valence-corrected chi connectivity index (χ4v) is 5.66. The molecule has 40 heavy (non-hydrogen) atoms. The van der Waals surface area contributed by atoms with Crippen molar-refractivity contribution in [1.29, 1.82) is 0 Å². The summed E-state index contributed by atoms with van der Waals surface area (Å²) < 4.78 is 27.0. The van der Waals surface area contributed by atoms with E-state index < -0.39 is 28.5 Å². The first-order valence-electron chi connectivity index (χ1n) is 13.0. The molecule has 0 aromatic heterocycles. The van der Waals surface area contributed by atoms with Crippen LogP contribution in [0.25, 0.3) is 0 Å². The van der Waals surface area contributed by atoms with E-state index in [0.29, 0.717) is 27.8 Å². The van der Waals surface area contributed by atoms with Crippen molar-refractivity contribution in [1.82, 2.24) is 10.2 Å². The predicted molar refractivity (Wildman–Crippen MR) is 162 cm³/mol. The zero-order valence-electron chi connectivity index (χ0n) is 23.2. The van der Waals surface area contributed by atoms with Gasteiger partial charge in [0, 0.05) is 19.5 Å². The second kappa shape index (κ2) is 14.0. The highest BCUT2D eigenvalue weighted by molar-refractivity contribution is 7.92. The third-order valence-electron chi connectivity index (χ3n) is 6.46. The van der Waals surface area contributed by atoms with Crippen LogP contribution >= 0.6 is 23.2 Å². The topological polar surface area (TPSA) is 86.8 Å². The molecule has 3 rings (SSSR count). The third-order valence-corrected chi connectivity index (χ3v) is 8.32. The Balaban J connectivity index is 2.08. The van der Waals surface area contributed by atoms with Gasteiger partial charge in [0.15, 0.2) is 0 Å². The number of carbonyl (C=O) groups is 2. The minimum atomic E-state index is -3.84. The highest BCUT2D eigenvalue weighted by atomic mass is 35.5. The number of hydrogen-bond donors (Lipinski definition) is 1. The molecule has 0 saturated carbocycles. The average molecular weight is 605 g/mol. The number of rotatable bonds is 12. The highest BCUT2D eigenvalue weighted by Gasteiger charge is 2.33. The molecule has 0 aliphatic carbocycles. The normalized spacial score (nSPS) is 12.1. The van der Waals surface area contributed by atoms with Crippen LogP contribution in [0.4, 0.5) is 5.69 Å². The van der Waals surface area contributed by atoms with Gasteiger partial charge >= 0.3 is 0 Å². The summed E-state index contributed by atoms with van der Waals surface area (Å²) >= 11 is 12.4. The molecule has 0 aliphatic rings. The Kier molecular flexibility index (Phi) is 11.0. The molecule has 0 heterocycles. The lowest BCUT2D eigenvalue weighted by molar-refractivity contribution is -0.140. The molecule has 0 bridgehead atoms. The monoisotopic (exact) mass is 603 g/mol. The van der Waals surface area contributed by atoms with Gasteiger partial charge in [0.25, 0.3) is 0 Å². The Morgan fingerprint density at radius 1 is 0.925 bits per heavy atom. The van der Waals surface area contributed by atoms with Crippen molar-refractivity contribution in [3.63, 3.8) is 0 Å². The maximum absolute atomic E-state index is 14.1. The molecule has 0 radical (unpaired) electrons. The molecule has 214 valence electrons.